The first-order chi connectivity index (χ1) is 15.3. The lowest BCUT2D eigenvalue weighted by Crippen LogP contribution is -2.16. The van der Waals surface area contributed by atoms with Gasteiger partial charge in [0, 0.05) is 11.3 Å². The Labute approximate surface area is 193 Å². The molecule has 11 heteroatoms. The quantitative estimate of drug-likeness (QED) is 0.412. The van der Waals surface area contributed by atoms with Crippen LogP contribution in [0.5, 0.6) is 0 Å². The van der Waals surface area contributed by atoms with Crippen molar-refractivity contribution >= 4 is 50.5 Å². The van der Waals surface area contributed by atoms with Gasteiger partial charge in [-0.3, -0.25) is 9.52 Å². The number of anilines is 2. The van der Waals surface area contributed by atoms with Crippen molar-refractivity contribution in [1.82, 2.24) is 14.8 Å². The van der Waals surface area contributed by atoms with Gasteiger partial charge in [0.15, 0.2) is 0 Å². The minimum atomic E-state index is -4.05. The molecule has 0 saturated heterocycles. The van der Waals surface area contributed by atoms with Crippen LogP contribution in [0.25, 0.3) is 5.69 Å². The summed E-state index contributed by atoms with van der Waals surface area (Å²) >= 11 is 12.2. The zero-order chi connectivity index (χ0) is 22.7. The Morgan fingerprint density at radius 1 is 0.938 bits per heavy atom. The minimum absolute atomic E-state index is 0.000243. The first-order valence-corrected chi connectivity index (χ1v) is 11.4. The predicted molar refractivity (Wildman–Crippen MR) is 123 cm³/mol. The number of hydrogen-bond acceptors (Lipinski definition) is 5. The lowest BCUT2D eigenvalue weighted by atomic mass is 10.2. The maximum atomic E-state index is 12.9. The second kappa shape index (κ2) is 8.99. The number of amides is 1. The second-order valence-electron chi connectivity index (χ2n) is 6.57. The molecule has 0 saturated carbocycles. The number of hydrogen-bond donors (Lipinski definition) is 2. The summed E-state index contributed by atoms with van der Waals surface area (Å²) in [5.74, 6) is -0.417. The SMILES string of the molecule is O=C(Nc1ccc(Cl)c(S(=O)(=O)Nc2ccccc2Cl)c1)c1ccc(-n2cncn2)cc1. The Balaban J connectivity index is 1.54. The van der Waals surface area contributed by atoms with Crippen molar-refractivity contribution in [1.29, 1.82) is 0 Å². The van der Waals surface area contributed by atoms with Gasteiger partial charge in [-0.2, -0.15) is 5.10 Å². The second-order valence-corrected chi connectivity index (χ2v) is 9.04. The van der Waals surface area contributed by atoms with E-state index in [0.29, 0.717) is 5.56 Å². The lowest BCUT2D eigenvalue weighted by molar-refractivity contribution is 0.102. The van der Waals surface area contributed by atoms with Crippen molar-refractivity contribution in [3.63, 3.8) is 0 Å². The van der Waals surface area contributed by atoms with E-state index in [9.17, 15) is 13.2 Å². The van der Waals surface area contributed by atoms with Crippen LogP contribution < -0.4 is 10.0 Å². The molecular weight excluding hydrogens is 473 g/mol. The van der Waals surface area contributed by atoms with Crippen molar-refractivity contribution in [2.24, 2.45) is 0 Å². The summed E-state index contributed by atoms with van der Waals surface area (Å²) in [6.07, 6.45) is 2.95. The molecule has 0 aliphatic carbocycles. The highest BCUT2D eigenvalue weighted by molar-refractivity contribution is 7.92. The number of para-hydroxylation sites is 1. The number of carbonyl (C=O) groups is 1. The molecule has 0 radical (unpaired) electrons. The van der Waals surface area contributed by atoms with Gasteiger partial charge in [-0.15, -0.1) is 0 Å². The summed E-state index contributed by atoms with van der Waals surface area (Å²) in [5, 5.41) is 6.94. The number of sulfonamides is 1. The molecule has 1 aromatic heterocycles. The largest absolute Gasteiger partial charge is 0.322 e. The van der Waals surface area contributed by atoms with E-state index in [-0.39, 0.29) is 26.3 Å². The van der Waals surface area contributed by atoms with Crippen LogP contribution in [-0.2, 0) is 10.0 Å². The zero-order valence-corrected chi connectivity index (χ0v) is 18.6. The molecule has 0 aliphatic rings. The summed E-state index contributed by atoms with van der Waals surface area (Å²) in [7, 11) is -4.05. The Morgan fingerprint density at radius 2 is 1.69 bits per heavy atom. The fourth-order valence-corrected chi connectivity index (χ4v) is 4.69. The molecule has 162 valence electrons. The Hall–Kier alpha value is -3.40. The first kappa shape index (κ1) is 21.8. The molecule has 0 spiro atoms. The molecule has 32 heavy (non-hydrogen) atoms. The van der Waals surface area contributed by atoms with Gasteiger partial charge in [0.25, 0.3) is 15.9 Å². The molecule has 1 amide bonds. The van der Waals surface area contributed by atoms with Crippen LogP contribution in [0.3, 0.4) is 0 Å². The topological polar surface area (TPSA) is 106 Å². The highest BCUT2D eigenvalue weighted by Crippen LogP contribution is 2.29. The third-order valence-electron chi connectivity index (χ3n) is 4.41. The van der Waals surface area contributed by atoms with Gasteiger partial charge < -0.3 is 5.32 Å². The van der Waals surface area contributed by atoms with Crippen molar-refractivity contribution in [3.05, 3.63) is 95.0 Å². The van der Waals surface area contributed by atoms with Crippen molar-refractivity contribution in [2.45, 2.75) is 4.90 Å². The molecule has 0 aliphatic heterocycles. The van der Waals surface area contributed by atoms with Crippen molar-refractivity contribution < 1.29 is 13.2 Å². The number of rotatable bonds is 6. The van der Waals surface area contributed by atoms with E-state index in [2.05, 4.69) is 20.1 Å². The molecule has 2 N–H and O–H groups in total. The maximum absolute atomic E-state index is 12.9. The number of nitrogens with one attached hydrogen (secondary N) is 2. The lowest BCUT2D eigenvalue weighted by Gasteiger charge is -2.13. The van der Waals surface area contributed by atoms with Crippen LogP contribution in [0.15, 0.2) is 84.3 Å². The standard InChI is InChI=1S/C21H15Cl2N5O3S/c22-17-3-1-2-4-19(17)27-32(30,31)20-11-15(7-10-18(20)23)26-21(29)14-5-8-16(9-6-14)28-13-24-12-25-28/h1-13,27H,(H,26,29). The minimum Gasteiger partial charge on any atom is -0.322 e. The molecular formula is C21H15Cl2N5O3S. The van der Waals surface area contributed by atoms with Crippen molar-refractivity contribution in [3.8, 4) is 5.69 Å². The Kier molecular flexibility index (Phi) is 6.13. The molecule has 3 aromatic carbocycles. The van der Waals surface area contributed by atoms with Crippen LogP contribution in [0.4, 0.5) is 11.4 Å². The summed E-state index contributed by atoms with van der Waals surface area (Å²) < 4.78 is 29.7. The zero-order valence-electron chi connectivity index (χ0n) is 16.2. The molecule has 4 aromatic rings. The van der Waals surface area contributed by atoms with E-state index in [1.54, 1.807) is 53.5 Å². The molecule has 0 bridgehead atoms. The van der Waals surface area contributed by atoms with Gasteiger partial charge in [-0.05, 0) is 54.6 Å². The molecule has 0 unspecified atom stereocenters. The smallest absolute Gasteiger partial charge is 0.263 e. The van der Waals surface area contributed by atoms with E-state index >= 15 is 0 Å². The van der Waals surface area contributed by atoms with Gasteiger partial charge >= 0.3 is 0 Å². The number of benzene rings is 3. The van der Waals surface area contributed by atoms with E-state index in [1.165, 1.54) is 30.6 Å². The van der Waals surface area contributed by atoms with Gasteiger partial charge in [-0.25, -0.2) is 18.1 Å². The third kappa shape index (κ3) is 4.75. The summed E-state index contributed by atoms with van der Waals surface area (Å²) in [6.45, 7) is 0. The average molecular weight is 488 g/mol. The van der Waals surface area contributed by atoms with E-state index < -0.39 is 15.9 Å². The van der Waals surface area contributed by atoms with Gasteiger partial charge in [0.05, 0.1) is 21.4 Å². The van der Waals surface area contributed by atoms with Crippen LogP contribution in [-0.4, -0.2) is 29.1 Å². The highest BCUT2D eigenvalue weighted by Gasteiger charge is 2.20. The van der Waals surface area contributed by atoms with E-state index in [1.807, 2.05) is 0 Å². The Morgan fingerprint density at radius 3 is 2.38 bits per heavy atom. The van der Waals surface area contributed by atoms with Crippen molar-refractivity contribution in [2.75, 3.05) is 10.0 Å². The fourth-order valence-electron chi connectivity index (χ4n) is 2.84. The highest BCUT2D eigenvalue weighted by atomic mass is 35.5. The molecule has 8 nitrogen and oxygen atoms in total. The first-order valence-electron chi connectivity index (χ1n) is 9.17. The van der Waals surface area contributed by atoms with Gasteiger partial charge in [-0.1, -0.05) is 35.3 Å². The van der Waals surface area contributed by atoms with Crippen LogP contribution >= 0.6 is 23.2 Å². The third-order valence-corrected chi connectivity index (χ3v) is 6.59. The monoisotopic (exact) mass is 487 g/mol. The van der Waals surface area contributed by atoms with E-state index in [4.69, 9.17) is 23.2 Å². The number of carbonyl (C=O) groups excluding carboxylic acids is 1. The molecule has 0 atom stereocenters. The maximum Gasteiger partial charge on any atom is 0.263 e. The van der Waals surface area contributed by atoms with Gasteiger partial charge in [0.2, 0.25) is 0 Å². The van der Waals surface area contributed by atoms with Gasteiger partial charge in [0.1, 0.15) is 17.6 Å². The van der Waals surface area contributed by atoms with Crippen LogP contribution in [0.2, 0.25) is 10.0 Å². The summed E-state index contributed by atoms with van der Waals surface area (Å²) in [5.41, 5.74) is 1.60. The average Bonchev–Trinajstić information content (AvgIpc) is 3.31. The summed E-state index contributed by atoms with van der Waals surface area (Å²) in [4.78, 5) is 16.3. The molecule has 1 heterocycles. The van der Waals surface area contributed by atoms with Crippen LogP contribution in [0.1, 0.15) is 10.4 Å². The van der Waals surface area contributed by atoms with E-state index in [0.717, 1.165) is 5.69 Å². The number of nitrogens with zero attached hydrogens (tertiary/aromatic N) is 3. The predicted octanol–water partition coefficient (Wildman–Crippen LogP) is 4.63. The number of aromatic nitrogens is 3. The fraction of sp³-hybridized carbons (Fsp3) is 0. The van der Waals surface area contributed by atoms with Crippen LogP contribution in [0, 0.1) is 0 Å². The summed E-state index contributed by atoms with van der Waals surface area (Å²) in [6, 6.07) is 17.3. The number of halogens is 2. The Bertz CT molecular complexity index is 1380. The molecule has 4 rings (SSSR count). The normalized spacial score (nSPS) is 11.2. The molecule has 0 fully saturated rings.